The molecular formula is C38H27N3. The molecule has 3 heteroatoms. The molecule has 0 aliphatic heterocycles. The van der Waals surface area contributed by atoms with E-state index in [0.717, 1.165) is 39.4 Å². The summed E-state index contributed by atoms with van der Waals surface area (Å²) in [5.41, 5.74) is 11.1. The van der Waals surface area contributed by atoms with Crippen LogP contribution < -0.4 is 0 Å². The summed E-state index contributed by atoms with van der Waals surface area (Å²) < 4.78 is 0. The van der Waals surface area contributed by atoms with E-state index in [-0.39, 0.29) is 5.41 Å². The summed E-state index contributed by atoms with van der Waals surface area (Å²) in [7, 11) is 0. The zero-order valence-electron chi connectivity index (χ0n) is 23.0. The van der Waals surface area contributed by atoms with Crippen molar-refractivity contribution in [1.82, 2.24) is 15.0 Å². The van der Waals surface area contributed by atoms with Crippen molar-refractivity contribution in [2.45, 2.75) is 19.3 Å². The summed E-state index contributed by atoms with van der Waals surface area (Å²) in [6.07, 6.45) is 1.90. The molecular weight excluding hydrogens is 498 g/mol. The zero-order valence-corrected chi connectivity index (χ0v) is 23.0. The third-order valence-corrected chi connectivity index (χ3v) is 8.49. The number of benzene rings is 5. The van der Waals surface area contributed by atoms with Crippen molar-refractivity contribution in [2.75, 3.05) is 0 Å². The van der Waals surface area contributed by atoms with Crippen LogP contribution in [0.3, 0.4) is 0 Å². The Kier molecular flexibility index (Phi) is 5.17. The van der Waals surface area contributed by atoms with Crippen molar-refractivity contribution in [3.05, 3.63) is 139 Å². The van der Waals surface area contributed by atoms with Gasteiger partial charge in [0.05, 0.1) is 16.9 Å². The van der Waals surface area contributed by atoms with Gasteiger partial charge in [-0.2, -0.15) is 0 Å². The second kappa shape index (κ2) is 8.94. The van der Waals surface area contributed by atoms with Gasteiger partial charge in [0.15, 0.2) is 5.82 Å². The number of nitrogens with zero attached hydrogens (tertiary/aromatic N) is 3. The molecule has 0 radical (unpaired) electrons. The van der Waals surface area contributed by atoms with E-state index in [4.69, 9.17) is 15.0 Å². The Morgan fingerprint density at radius 1 is 0.537 bits per heavy atom. The fraction of sp³-hybridized carbons (Fsp3) is 0.0789. The van der Waals surface area contributed by atoms with Crippen molar-refractivity contribution in [1.29, 1.82) is 0 Å². The predicted molar refractivity (Wildman–Crippen MR) is 169 cm³/mol. The average Bonchev–Trinajstić information content (AvgIpc) is 3.28. The Bertz CT molecular complexity index is 2050. The molecule has 0 atom stereocenters. The van der Waals surface area contributed by atoms with Crippen LogP contribution in [0.15, 0.2) is 128 Å². The van der Waals surface area contributed by atoms with Gasteiger partial charge in [-0.1, -0.05) is 117 Å². The summed E-state index contributed by atoms with van der Waals surface area (Å²) >= 11 is 0. The highest BCUT2D eigenvalue weighted by molar-refractivity contribution is 6.16. The number of hydrogen-bond acceptors (Lipinski definition) is 3. The molecule has 2 heterocycles. The van der Waals surface area contributed by atoms with E-state index in [1.54, 1.807) is 0 Å². The van der Waals surface area contributed by atoms with Crippen LogP contribution in [0.4, 0.5) is 0 Å². The van der Waals surface area contributed by atoms with Crippen LogP contribution in [-0.2, 0) is 5.41 Å². The van der Waals surface area contributed by atoms with E-state index < -0.39 is 0 Å². The van der Waals surface area contributed by atoms with Crippen molar-refractivity contribution < 1.29 is 0 Å². The molecule has 0 saturated heterocycles. The van der Waals surface area contributed by atoms with Crippen LogP contribution in [0.2, 0.25) is 0 Å². The first-order valence-electron chi connectivity index (χ1n) is 14.0. The van der Waals surface area contributed by atoms with Gasteiger partial charge >= 0.3 is 0 Å². The van der Waals surface area contributed by atoms with Gasteiger partial charge in [0.25, 0.3) is 0 Å². The molecule has 5 aromatic carbocycles. The van der Waals surface area contributed by atoms with Crippen LogP contribution in [0.1, 0.15) is 25.0 Å². The van der Waals surface area contributed by atoms with E-state index in [2.05, 4.69) is 123 Å². The molecule has 41 heavy (non-hydrogen) atoms. The Hall–Kier alpha value is -5.15. The third-order valence-electron chi connectivity index (χ3n) is 8.49. The molecule has 1 aliphatic carbocycles. The average molecular weight is 526 g/mol. The van der Waals surface area contributed by atoms with E-state index in [0.29, 0.717) is 0 Å². The molecule has 0 saturated carbocycles. The highest BCUT2D eigenvalue weighted by Crippen LogP contribution is 2.54. The van der Waals surface area contributed by atoms with Crippen molar-refractivity contribution >= 4 is 21.7 Å². The van der Waals surface area contributed by atoms with Gasteiger partial charge in [-0.3, -0.25) is 4.98 Å². The molecule has 7 aromatic rings. The Balaban J connectivity index is 1.37. The second-order valence-corrected chi connectivity index (χ2v) is 11.3. The minimum atomic E-state index is -0.217. The van der Waals surface area contributed by atoms with Crippen molar-refractivity contribution in [3.63, 3.8) is 0 Å². The first-order chi connectivity index (χ1) is 20.1. The summed E-state index contributed by atoms with van der Waals surface area (Å²) in [5.74, 6) is 0.733. The van der Waals surface area contributed by atoms with Gasteiger partial charge in [-0.25, -0.2) is 9.97 Å². The molecule has 8 rings (SSSR count). The molecule has 0 N–H and O–H groups in total. The van der Waals surface area contributed by atoms with E-state index >= 15 is 0 Å². The molecule has 2 aromatic heterocycles. The Morgan fingerprint density at radius 3 is 1.83 bits per heavy atom. The van der Waals surface area contributed by atoms with Crippen LogP contribution in [0.5, 0.6) is 0 Å². The maximum atomic E-state index is 5.10. The molecule has 0 bridgehead atoms. The lowest BCUT2D eigenvalue weighted by Gasteiger charge is -2.24. The smallest absolute Gasteiger partial charge is 0.160 e. The summed E-state index contributed by atoms with van der Waals surface area (Å²) in [4.78, 5) is 15.0. The molecule has 1 aliphatic rings. The molecule has 0 unspecified atom stereocenters. The van der Waals surface area contributed by atoms with E-state index in [9.17, 15) is 0 Å². The number of fused-ring (bicyclic) bond motifs is 8. The third kappa shape index (κ3) is 3.63. The number of pyridine rings is 1. The maximum Gasteiger partial charge on any atom is 0.160 e. The van der Waals surface area contributed by atoms with Crippen molar-refractivity contribution in [3.8, 4) is 45.0 Å². The maximum absolute atomic E-state index is 5.10. The van der Waals surface area contributed by atoms with Crippen LogP contribution >= 0.6 is 0 Å². The number of aromatic nitrogens is 3. The van der Waals surface area contributed by atoms with Gasteiger partial charge in [-0.05, 0) is 45.8 Å². The van der Waals surface area contributed by atoms with Gasteiger partial charge in [-0.15, -0.1) is 0 Å². The zero-order chi connectivity index (χ0) is 27.6. The Labute approximate surface area is 239 Å². The normalized spacial score (nSPS) is 13.3. The minimum absolute atomic E-state index is 0.217. The van der Waals surface area contributed by atoms with E-state index in [1.165, 1.54) is 38.4 Å². The van der Waals surface area contributed by atoms with Gasteiger partial charge in [0.2, 0.25) is 0 Å². The topological polar surface area (TPSA) is 38.7 Å². The highest BCUT2D eigenvalue weighted by Gasteiger charge is 2.39. The number of rotatable bonds is 3. The second-order valence-electron chi connectivity index (χ2n) is 11.3. The quantitative estimate of drug-likeness (QED) is 0.216. The fourth-order valence-electron chi connectivity index (χ4n) is 6.57. The number of hydrogen-bond donors (Lipinski definition) is 0. The molecule has 194 valence electrons. The first kappa shape index (κ1) is 23.7. The van der Waals surface area contributed by atoms with Crippen LogP contribution in [-0.4, -0.2) is 15.0 Å². The first-order valence-corrected chi connectivity index (χ1v) is 14.0. The lowest BCUT2D eigenvalue weighted by molar-refractivity contribution is 0.666. The standard InChI is InChI=1S/C38H27N3/c1-38(2)31-22-26(37-40-32(24-12-5-3-6-13-24)23-33(41-37)25-14-7-4-8-15-25)19-20-29(31)34-27-16-9-10-17-28(27)36-30(35(34)38)18-11-21-39-36/h3-23H,1-2H3. The van der Waals surface area contributed by atoms with Gasteiger partial charge in [0.1, 0.15) is 0 Å². The molecule has 0 fully saturated rings. The van der Waals surface area contributed by atoms with Gasteiger partial charge in [0, 0.05) is 39.1 Å². The monoisotopic (exact) mass is 525 g/mol. The Morgan fingerprint density at radius 2 is 1.15 bits per heavy atom. The van der Waals surface area contributed by atoms with Crippen LogP contribution in [0, 0.1) is 0 Å². The summed E-state index contributed by atoms with van der Waals surface area (Å²) in [6.45, 7) is 4.67. The molecule has 0 amide bonds. The van der Waals surface area contributed by atoms with E-state index in [1.807, 2.05) is 18.3 Å². The minimum Gasteiger partial charge on any atom is -0.256 e. The lowest BCUT2D eigenvalue weighted by Crippen LogP contribution is -2.16. The van der Waals surface area contributed by atoms with Gasteiger partial charge < -0.3 is 0 Å². The van der Waals surface area contributed by atoms with Crippen LogP contribution in [0.25, 0.3) is 66.7 Å². The summed E-state index contributed by atoms with van der Waals surface area (Å²) in [5, 5.41) is 3.67. The SMILES string of the molecule is CC1(C)c2cc(-c3nc(-c4ccccc4)cc(-c4ccccc4)n3)ccc2-c2c1c1cccnc1c1ccccc21. The fourth-order valence-corrected chi connectivity index (χ4v) is 6.57. The molecule has 0 spiro atoms. The highest BCUT2D eigenvalue weighted by atomic mass is 14.9. The summed E-state index contributed by atoms with van der Waals surface area (Å²) in [6, 6.07) is 42.5. The molecule has 3 nitrogen and oxygen atoms in total. The van der Waals surface area contributed by atoms with Crippen molar-refractivity contribution in [2.24, 2.45) is 0 Å². The lowest BCUT2D eigenvalue weighted by atomic mass is 9.79. The largest absolute Gasteiger partial charge is 0.256 e. The predicted octanol–water partition coefficient (Wildman–Crippen LogP) is 9.49.